The van der Waals surface area contributed by atoms with Gasteiger partial charge in [0, 0.05) is 19.8 Å². The van der Waals surface area contributed by atoms with E-state index in [4.69, 9.17) is 0 Å². The maximum absolute atomic E-state index is 2.29. The molecule has 0 aromatic heterocycles. The highest BCUT2D eigenvalue weighted by Gasteiger charge is 2.05. The highest BCUT2D eigenvalue weighted by molar-refractivity contribution is 5.70. The molecular formula is C17H21N. The van der Waals surface area contributed by atoms with E-state index in [9.17, 15) is 0 Å². The molecule has 1 heteroatoms. The Morgan fingerprint density at radius 3 is 1.83 bits per heavy atom. The maximum atomic E-state index is 2.29. The summed E-state index contributed by atoms with van der Waals surface area (Å²) in [5, 5.41) is 0. The van der Waals surface area contributed by atoms with Gasteiger partial charge in [0.15, 0.2) is 0 Å². The van der Waals surface area contributed by atoms with E-state index in [1.54, 1.807) is 0 Å². The van der Waals surface area contributed by atoms with Gasteiger partial charge >= 0.3 is 0 Å². The van der Waals surface area contributed by atoms with Crippen molar-refractivity contribution in [1.82, 2.24) is 0 Å². The fourth-order valence-corrected chi connectivity index (χ4v) is 2.21. The molecule has 1 nitrogen and oxygen atoms in total. The molecule has 0 N–H and O–H groups in total. The Hall–Kier alpha value is -1.76. The van der Waals surface area contributed by atoms with Crippen LogP contribution in [0.4, 0.5) is 5.69 Å². The zero-order valence-electron chi connectivity index (χ0n) is 11.9. The Kier molecular flexibility index (Phi) is 3.42. The number of hydrogen-bond donors (Lipinski definition) is 0. The van der Waals surface area contributed by atoms with Crippen molar-refractivity contribution >= 4 is 5.69 Å². The molecule has 0 aliphatic carbocycles. The molecule has 2 rings (SSSR count). The number of anilines is 1. The third kappa shape index (κ3) is 2.40. The molecular weight excluding hydrogens is 218 g/mol. The lowest BCUT2D eigenvalue weighted by molar-refractivity contribution is 1.13. The topological polar surface area (TPSA) is 3.24 Å². The minimum absolute atomic E-state index is 1.24. The van der Waals surface area contributed by atoms with Gasteiger partial charge in [0.1, 0.15) is 0 Å². The average molecular weight is 239 g/mol. The van der Waals surface area contributed by atoms with Crippen molar-refractivity contribution in [1.29, 1.82) is 0 Å². The van der Waals surface area contributed by atoms with Gasteiger partial charge in [-0.1, -0.05) is 24.3 Å². The summed E-state index contributed by atoms with van der Waals surface area (Å²) >= 11 is 0. The SMILES string of the molecule is Cc1cc(C)c(-c2ccc(N(C)C)cc2)cc1C. The minimum Gasteiger partial charge on any atom is -0.378 e. The first-order valence-corrected chi connectivity index (χ1v) is 6.34. The van der Waals surface area contributed by atoms with Crippen LogP contribution in [0.3, 0.4) is 0 Å². The molecule has 0 aliphatic rings. The van der Waals surface area contributed by atoms with Crippen LogP contribution in [-0.4, -0.2) is 14.1 Å². The number of hydrogen-bond acceptors (Lipinski definition) is 1. The number of nitrogens with zero attached hydrogens (tertiary/aromatic N) is 1. The van der Waals surface area contributed by atoms with E-state index < -0.39 is 0 Å². The van der Waals surface area contributed by atoms with E-state index in [1.165, 1.54) is 33.5 Å². The lowest BCUT2D eigenvalue weighted by Crippen LogP contribution is -2.07. The molecule has 2 aromatic rings. The fourth-order valence-electron chi connectivity index (χ4n) is 2.21. The van der Waals surface area contributed by atoms with Gasteiger partial charge in [0.25, 0.3) is 0 Å². The second-order valence-corrected chi connectivity index (χ2v) is 5.19. The zero-order chi connectivity index (χ0) is 13.3. The van der Waals surface area contributed by atoms with Crippen molar-refractivity contribution < 1.29 is 0 Å². The summed E-state index contributed by atoms with van der Waals surface area (Å²) in [5.41, 5.74) is 7.92. The molecule has 0 heterocycles. The second kappa shape index (κ2) is 4.85. The summed E-state index contributed by atoms with van der Waals surface area (Å²) in [4.78, 5) is 2.12. The molecule has 94 valence electrons. The van der Waals surface area contributed by atoms with Gasteiger partial charge in [-0.25, -0.2) is 0 Å². The molecule has 0 aliphatic heterocycles. The first kappa shape index (κ1) is 12.7. The first-order chi connectivity index (χ1) is 8.49. The Morgan fingerprint density at radius 2 is 1.28 bits per heavy atom. The maximum Gasteiger partial charge on any atom is 0.0361 e. The van der Waals surface area contributed by atoms with Crippen molar-refractivity contribution in [3.63, 3.8) is 0 Å². The van der Waals surface area contributed by atoms with Crippen LogP contribution >= 0.6 is 0 Å². The molecule has 0 unspecified atom stereocenters. The van der Waals surface area contributed by atoms with Gasteiger partial charge in [-0.05, 0) is 60.7 Å². The molecule has 0 spiro atoms. The molecule has 0 saturated heterocycles. The lowest BCUT2D eigenvalue weighted by atomic mass is 9.95. The Labute approximate surface area is 110 Å². The highest BCUT2D eigenvalue weighted by Crippen LogP contribution is 2.27. The standard InChI is InChI=1S/C17H21N/c1-12-10-14(3)17(11-13(12)2)15-6-8-16(9-7-15)18(4)5/h6-11H,1-5H3. The molecule has 0 atom stereocenters. The van der Waals surface area contributed by atoms with Crippen LogP contribution < -0.4 is 4.90 Å². The summed E-state index contributed by atoms with van der Waals surface area (Å²) in [7, 11) is 4.13. The van der Waals surface area contributed by atoms with Crippen molar-refractivity contribution in [2.45, 2.75) is 20.8 Å². The van der Waals surface area contributed by atoms with Crippen LogP contribution in [0.5, 0.6) is 0 Å². The predicted molar refractivity (Wildman–Crippen MR) is 80.4 cm³/mol. The van der Waals surface area contributed by atoms with Crippen molar-refractivity contribution in [2.75, 3.05) is 19.0 Å². The molecule has 2 aromatic carbocycles. The van der Waals surface area contributed by atoms with Gasteiger partial charge in [0.05, 0.1) is 0 Å². The molecule has 0 bridgehead atoms. The first-order valence-electron chi connectivity index (χ1n) is 6.34. The third-order valence-electron chi connectivity index (χ3n) is 3.54. The van der Waals surface area contributed by atoms with E-state index in [-0.39, 0.29) is 0 Å². The van der Waals surface area contributed by atoms with Crippen LogP contribution in [0.25, 0.3) is 11.1 Å². The second-order valence-electron chi connectivity index (χ2n) is 5.19. The third-order valence-corrected chi connectivity index (χ3v) is 3.54. The predicted octanol–water partition coefficient (Wildman–Crippen LogP) is 4.34. The highest BCUT2D eigenvalue weighted by atomic mass is 15.1. The Balaban J connectivity index is 2.46. The van der Waals surface area contributed by atoms with Crippen LogP contribution in [0, 0.1) is 20.8 Å². The summed E-state index contributed by atoms with van der Waals surface area (Å²) in [5.74, 6) is 0. The molecule has 0 fully saturated rings. The van der Waals surface area contributed by atoms with Gasteiger partial charge in [-0.2, -0.15) is 0 Å². The average Bonchev–Trinajstić information content (AvgIpc) is 2.34. The van der Waals surface area contributed by atoms with Crippen LogP contribution in [0.1, 0.15) is 16.7 Å². The molecule has 18 heavy (non-hydrogen) atoms. The summed E-state index contributed by atoms with van der Waals surface area (Å²) < 4.78 is 0. The monoisotopic (exact) mass is 239 g/mol. The molecule has 0 saturated carbocycles. The van der Waals surface area contributed by atoms with Crippen LogP contribution in [-0.2, 0) is 0 Å². The number of benzene rings is 2. The van der Waals surface area contributed by atoms with Gasteiger partial charge < -0.3 is 4.90 Å². The van der Waals surface area contributed by atoms with Crippen molar-refractivity contribution in [3.8, 4) is 11.1 Å². The van der Waals surface area contributed by atoms with Gasteiger partial charge in [0.2, 0.25) is 0 Å². The van der Waals surface area contributed by atoms with Gasteiger partial charge in [-0.15, -0.1) is 0 Å². The van der Waals surface area contributed by atoms with Crippen molar-refractivity contribution in [3.05, 3.63) is 53.1 Å². The van der Waals surface area contributed by atoms with E-state index in [0.29, 0.717) is 0 Å². The Bertz CT molecular complexity index is 551. The molecule has 0 radical (unpaired) electrons. The van der Waals surface area contributed by atoms with E-state index in [0.717, 1.165) is 0 Å². The van der Waals surface area contributed by atoms with E-state index in [2.05, 4.69) is 76.2 Å². The quantitative estimate of drug-likeness (QED) is 0.753. The molecule has 0 amide bonds. The largest absolute Gasteiger partial charge is 0.378 e. The summed E-state index contributed by atoms with van der Waals surface area (Å²) in [6.07, 6.45) is 0. The number of rotatable bonds is 2. The van der Waals surface area contributed by atoms with Crippen LogP contribution in [0.15, 0.2) is 36.4 Å². The Morgan fingerprint density at radius 1 is 0.722 bits per heavy atom. The summed E-state index contributed by atoms with van der Waals surface area (Å²) in [6, 6.07) is 13.3. The van der Waals surface area contributed by atoms with E-state index >= 15 is 0 Å². The fraction of sp³-hybridized carbons (Fsp3) is 0.294. The summed E-state index contributed by atoms with van der Waals surface area (Å²) in [6.45, 7) is 6.52. The lowest BCUT2D eigenvalue weighted by Gasteiger charge is -2.14. The smallest absolute Gasteiger partial charge is 0.0361 e. The van der Waals surface area contributed by atoms with Crippen LogP contribution in [0.2, 0.25) is 0 Å². The minimum atomic E-state index is 1.24. The van der Waals surface area contributed by atoms with Gasteiger partial charge in [-0.3, -0.25) is 0 Å². The van der Waals surface area contributed by atoms with E-state index in [1.807, 2.05) is 0 Å². The zero-order valence-corrected chi connectivity index (χ0v) is 11.9. The van der Waals surface area contributed by atoms with Crippen molar-refractivity contribution in [2.24, 2.45) is 0 Å². The number of aryl methyl sites for hydroxylation is 3. The normalized spacial score (nSPS) is 10.5.